The highest BCUT2D eigenvalue weighted by Gasteiger charge is 2.33. The first kappa shape index (κ1) is 28.9. The molecule has 0 saturated carbocycles. The zero-order valence-corrected chi connectivity index (χ0v) is 20.7. The Labute approximate surface area is 202 Å². The quantitative estimate of drug-likeness (QED) is 0.104. The number of hydrazine groups is 1. The molecule has 1 amide bonds. The fraction of sp³-hybridized carbons (Fsp3) is 0.500. The van der Waals surface area contributed by atoms with Gasteiger partial charge in [-0.25, -0.2) is 20.4 Å². The molecular weight excluding hydrogens is 436 g/mol. The Morgan fingerprint density at radius 1 is 0.971 bits per heavy atom. The number of nitrogens with zero attached hydrogens (tertiary/aromatic N) is 1. The Balaban J connectivity index is 2.90. The Bertz CT molecular complexity index is 816. The van der Waals surface area contributed by atoms with Gasteiger partial charge in [0.25, 0.3) is 0 Å². The molecule has 0 bridgehead atoms. The van der Waals surface area contributed by atoms with Gasteiger partial charge >= 0.3 is 18.0 Å². The molecule has 34 heavy (non-hydrogen) atoms. The van der Waals surface area contributed by atoms with Crippen molar-refractivity contribution in [1.82, 2.24) is 5.01 Å². The highest BCUT2D eigenvalue weighted by Crippen LogP contribution is 2.16. The number of hydrogen-bond donors (Lipinski definition) is 1. The Kier molecular flexibility index (Phi) is 14.0. The molecule has 8 nitrogen and oxygen atoms in total. The zero-order valence-electron chi connectivity index (χ0n) is 20.7. The van der Waals surface area contributed by atoms with Crippen molar-refractivity contribution in [1.29, 1.82) is 0 Å². The van der Waals surface area contributed by atoms with Crippen molar-refractivity contribution in [3.8, 4) is 0 Å². The molecule has 1 rings (SSSR count). The maximum Gasteiger partial charge on any atom is 0.425 e. The number of ether oxygens (including phenoxy) is 3. The SMILES string of the molecule is C/C=C\C(=C/C)COC(=O)N(N)C(COC(=O)C(CCC)CCC)C(=O)OCc1ccccc1. The first-order valence-corrected chi connectivity index (χ1v) is 11.7. The van der Waals surface area contributed by atoms with Crippen molar-refractivity contribution < 1.29 is 28.6 Å². The highest BCUT2D eigenvalue weighted by atomic mass is 16.6. The highest BCUT2D eigenvalue weighted by molar-refractivity contribution is 5.82. The molecular formula is C26H38N2O6. The molecule has 0 aliphatic rings. The lowest BCUT2D eigenvalue weighted by molar-refractivity contribution is -0.159. The number of rotatable bonds is 14. The van der Waals surface area contributed by atoms with Crippen molar-refractivity contribution in [3.63, 3.8) is 0 Å². The summed E-state index contributed by atoms with van der Waals surface area (Å²) in [6, 6.07) is 7.74. The Morgan fingerprint density at radius 3 is 2.18 bits per heavy atom. The number of nitrogens with two attached hydrogens (primary N) is 1. The van der Waals surface area contributed by atoms with Crippen LogP contribution in [0, 0.1) is 5.92 Å². The van der Waals surface area contributed by atoms with E-state index in [1.54, 1.807) is 24.3 Å². The summed E-state index contributed by atoms with van der Waals surface area (Å²) in [4.78, 5) is 38.0. The van der Waals surface area contributed by atoms with E-state index in [0.717, 1.165) is 24.0 Å². The van der Waals surface area contributed by atoms with Crippen LogP contribution in [0.4, 0.5) is 4.79 Å². The monoisotopic (exact) mass is 474 g/mol. The molecule has 8 heteroatoms. The molecule has 0 aliphatic heterocycles. The van der Waals surface area contributed by atoms with Gasteiger partial charge in [0.05, 0.1) is 5.92 Å². The number of hydrogen-bond acceptors (Lipinski definition) is 7. The van der Waals surface area contributed by atoms with Gasteiger partial charge in [0.15, 0.2) is 6.04 Å². The van der Waals surface area contributed by atoms with Crippen LogP contribution in [0.3, 0.4) is 0 Å². The average molecular weight is 475 g/mol. The summed E-state index contributed by atoms with van der Waals surface area (Å²) in [5.41, 5.74) is 1.54. The van der Waals surface area contributed by atoms with E-state index in [2.05, 4.69) is 0 Å². The van der Waals surface area contributed by atoms with E-state index in [0.29, 0.717) is 17.9 Å². The number of amides is 1. The second-order valence-corrected chi connectivity index (χ2v) is 7.84. The van der Waals surface area contributed by atoms with Crippen LogP contribution in [0.25, 0.3) is 0 Å². The molecule has 1 aromatic rings. The van der Waals surface area contributed by atoms with Gasteiger partial charge < -0.3 is 14.2 Å². The summed E-state index contributed by atoms with van der Waals surface area (Å²) >= 11 is 0. The molecule has 2 N–H and O–H groups in total. The predicted molar refractivity (Wildman–Crippen MR) is 130 cm³/mol. The molecule has 0 aliphatic carbocycles. The first-order chi connectivity index (χ1) is 16.4. The van der Waals surface area contributed by atoms with E-state index < -0.39 is 30.7 Å². The number of esters is 2. The first-order valence-electron chi connectivity index (χ1n) is 11.7. The van der Waals surface area contributed by atoms with Crippen LogP contribution in [0.1, 0.15) is 58.9 Å². The minimum Gasteiger partial charge on any atom is -0.463 e. The van der Waals surface area contributed by atoms with Crippen molar-refractivity contribution in [2.75, 3.05) is 13.2 Å². The Morgan fingerprint density at radius 2 is 1.62 bits per heavy atom. The van der Waals surface area contributed by atoms with E-state index in [9.17, 15) is 14.4 Å². The topological polar surface area (TPSA) is 108 Å². The summed E-state index contributed by atoms with van der Waals surface area (Å²) in [7, 11) is 0. The largest absolute Gasteiger partial charge is 0.463 e. The van der Waals surface area contributed by atoms with E-state index >= 15 is 0 Å². The molecule has 1 aromatic carbocycles. The van der Waals surface area contributed by atoms with Gasteiger partial charge in [-0.05, 0) is 37.8 Å². The number of carbonyl (C=O) groups excluding carboxylic acids is 3. The summed E-state index contributed by atoms with van der Waals surface area (Å²) in [5, 5.41) is 0.623. The van der Waals surface area contributed by atoms with Crippen LogP contribution < -0.4 is 5.84 Å². The van der Waals surface area contributed by atoms with E-state index in [1.807, 2.05) is 52.0 Å². The van der Waals surface area contributed by atoms with Gasteiger partial charge in [-0.3, -0.25) is 4.79 Å². The smallest absolute Gasteiger partial charge is 0.425 e. The lowest BCUT2D eigenvalue weighted by Gasteiger charge is -2.26. The summed E-state index contributed by atoms with van der Waals surface area (Å²) in [5.74, 6) is 4.46. The van der Waals surface area contributed by atoms with Gasteiger partial charge in [0.1, 0.15) is 19.8 Å². The average Bonchev–Trinajstić information content (AvgIpc) is 2.85. The molecule has 0 spiro atoms. The predicted octanol–water partition coefficient (Wildman–Crippen LogP) is 4.69. The molecule has 0 heterocycles. The minimum atomic E-state index is -1.35. The second kappa shape index (κ2) is 16.5. The van der Waals surface area contributed by atoms with Gasteiger partial charge in [0.2, 0.25) is 0 Å². The van der Waals surface area contributed by atoms with Gasteiger partial charge in [-0.15, -0.1) is 0 Å². The van der Waals surface area contributed by atoms with Crippen molar-refractivity contribution in [2.45, 2.75) is 66.0 Å². The molecule has 0 radical (unpaired) electrons. The summed E-state index contributed by atoms with van der Waals surface area (Å²) < 4.78 is 16.0. The third-order valence-electron chi connectivity index (χ3n) is 5.15. The third-order valence-corrected chi connectivity index (χ3v) is 5.15. The molecule has 0 fully saturated rings. The van der Waals surface area contributed by atoms with Gasteiger partial charge in [-0.2, -0.15) is 0 Å². The molecule has 1 unspecified atom stereocenters. The van der Waals surface area contributed by atoms with Crippen LogP contribution in [-0.4, -0.2) is 42.3 Å². The molecule has 188 valence electrons. The zero-order chi connectivity index (χ0) is 25.3. The maximum atomic E-state index is 12.8. The number of allylic oxidation sites excluding steroid dienone is 2. The van der Waals surface area contributed by atoms with E-state index in [1.165, 1.54) is 0 Å². The van der Waals surface area contributed by atoms with Crippen molar-refractivity contribution in [3.05, 3.63) is 59.7 Å². The minimum absolute atomic E-state index is 0.00861. The van der Waals surface area contributed by atoms with Crippen molar-refractivity contribution >= 4 is 18.0 Å². The summed E-state index contributed by atoms with van der Waals surface area (Å²) in [6.07, 6.45) is 7.50. The van der Waals surface area contributed by atoms with Crippen LogP contribution in [0.2, 0.25) is 0 Å². The van der Waals surface area contributed by atoms with Crippen LogP contribution >= 0.6 is 0 Å². The maximum absolute atomic E-state index is 12.8. The number of carbonyl (C=O) groups is 3. The summed E-state index contributed by atoms with van der Waals surface area (Å²) in [6.45, 7) is 7.19. The second-order valence-electron chi connectivity index (χ2n) is 7.84. The standard InChI is InChI=1S/C26H38N2O6/c1-5-12-20(8-4)17-34-26(31)28(27)23(19-33-24(29)22(13-6-2)14-7-3)25(30)32-18-21-15-10-9-11-16-21/h5,8-12,15-16,22-23H,6-7,13-14,17-19,27H2,1-4H3/b12-5-,20-8+. The normalized spacial score (nSPS) is 12.5. The number of benzene rings is 1. The van der Waals surface area contributed by atoms with Gasteiger partial charge in [0, 0.05) is 0 Å². The lowest BCUT2D eigenvalue weighted by Crippen LogP contribution is -2.53. The van der Waals surface area contributed by atoms with E-state index in [4.69, 9.17) is 20.1 Å². The Hall–Kier alpha value is -3.13. The van der Waals surface area contributed by atoms with Crippen molar-refractivity contribution in [2.24, 2.45) is 11.8 Å². The van der Waals surface area contributed by atoms with E-state index in [-0.39, 0.29) is 19.1 Å². The van der Waals surface area contributed by atoms with Crippen LogP contribution in [0.15, 0.2) is 54.1 Å². The molecule has 1 atom stereocenters. The fourth-order valence-corrected chi connectivity index (χ4v) is 3.23. The third kappa shape index (κ3) is 10.2. The molecule has 0 saturated heterocycles. The van der Waals surface area contributed by atoms with Crippen LogP contribution in [-0.2, 0) is 30.4 Å². The molecule has 0 aromatic heterocycles. The van der Waals surface area contributed by atoms with Gasteiger partial charge in [-0.1, -0.05) is 75.2 Å². The fourth-order valence-electron chi connectivity index (χ4n) is 3.23. The van der Waals surface area contributed by atoms with Crippen LogP contribution in [0.5, 0.6) is 0 Å². The lowest BCUT2D eigenvalue weighted by atomic mass is 9.99.